The maximum absolute atomic E-state index is 3.36. The fourth-order valence-corrected chi connectivity index (χ4v) is 3.52. The number of benzene rings is 2. The summed E-state index contributed by atoms with van der Waals surface area (Å²) in [6.45, 7) is 15.5. The average molecular weight is 476 g/mol. The first kappa shape index (κ1) is 23.9. The van der Waals surface area contributed by atoms with Gasteiger partial charge in [0.15, 0.2) is 0 Å². The first-order valence-electron chi connectivity index (χ1n) is 10.2. The Morgan fingerprint density at radius 1 is 0.897 bits per heavy atom. The van der Waals surface area contributed by atoms with Gasteiger partial charge in [-0.2, -0.15) is 11.1 Å². The Morgan fingerprint density at radius 2 is 1.45 bits per heavy atom. The van der Waals surface area contributed by atoms with Crippen LogP contribution >= 0.6 is 0 Å². The van der Waals surface area contributed by atoms with Gasteiger partial charge in [-0.3, -0.25) is 6.08 Å². The summed E-state index contributed by atoms with van der Waals surface area (Å²) in [5.41, 5.74) is 8.49. The Labute approximate surface area is 192 Å². The van der Waals surface area contributed by atoms with Gasteiger partial charge in [-0.25, -0.2) is 5.57 Å². The zero-order valence-electron chi connectivity index (χ0n) is 18.9. The predicted octanol–water partition coefficient (Wildman–Crippen LogP) is 8.04. The molecule has 148 valence electrons. The average Bonchev–Trinajstić information content (AvgIpc) is 3.13. The minimum absolute atomic E-state index is 0.210. The zero-order chi connectivity index (χ0) is 21.6. The molecule has 3 aromatic carbocycles. The Bertz CT molecular complexity index is 1030. The molecule has 1 aliphatic rings. The van der Waals surface area contributed by atoms with Crippen LogP contribution in [0.3, 0.4) is 0 Å². The minimum atomic E-state index is 0.210. The van der Waals surface area contributed by atoms with Crippen LogP contribution in [0.5, 0.6) is 0 Å². The van der Waals surface area contributed by atoms with Gasteiger partial charge in [-0.15, -0.1) is 53.1 Å². The third-order valence-corrected chi connectivity index (χ3v) is 5.30. The van der Waals surface area contributed by atoms with Crippen LogP contribution in [-0.2, 0) is 23.3 Å². The van der Waals surface area contributed by atoms with Crippen LogP contribution in [0.25, 0.3) is 21.9 Å². The van der Waals surface area contributed by atoms with E-state index in [1.54, 1.807) is 23.3 Å². The van der Waals surface area contributed by atoms with Crippen molar-refractivity contribution >= 4 is 16.2 Å². The van der Waals surface area contributed by atoms with Crippen molar-refractivity contribution in [2.24, 2.45) is 5.92 Å². The molecule has 0 aromatic heterocycles. The zero-order valence-corrected chi connectivity index (χ0v) is 22.3. The number of hydrogen-bond acceptors (Lipinski definition) is 0. The maximum Gasteiger partial charge on any atom is -0.0573 e. The Hall–Kier alpha value is -1.37. The van der Waals surface area contributed by atoms with E-state index in [0.717, 1.165) is 0 Å². The first-order valence-corrected chi connectivity index (χ1v) is 16.4. The van der Waals surface area contributed by atoms with Crippen LogP contribution in [0.1, 0.15) is 33.3 Å². The SMILES string of the molecule is CC1=[C-]C(C)C(C)=C1C.C[Si](C)=[Zr+2].Cc1[cH-]c2ccccc2c1-c1ccccc1. The van der Waals surface area contributed by atoms with E-state index in [1.165, 1.54) is 44.2 Å². The summed E-state index contributed by atoms with van der Waals surface area (Å²) in [6.07, 6.45) is 3.36. The van der Waals surface area contributed by atoms with Crippen molar-refractivity contribution in [3.8, 4) is 11.1 Å². The van der Waals surface area contributed by atoms with E-state index in [1.807, 2.05) is 0 Å². The molecule has 0 spiro atoms. The summed E-state index contributed by atoms with van der Waals surface area (Å²) in [4.78, 5) is 0. The molecule has 1 atom stereocenters. The summed E-state index contributed by atoms with van der Waals surface area (Å²) in [5.74, 6) is 0.560. The molecule has 1 aliphatic carbocycles. The number of hydrogen-bond donors (Lipinski definition) is 0. The molecular formula is C27H32SiZr. The van der Waals surface area contributed by atoms with Gasteiger partial charge in [-0.1, -0.05) is 75.6 Å². The molecule has 2 heteroatoms. The van der Waals surface area contributed by atoms with Crippen molar-refractivity contribution in [3.63, 3.8) is 0 Å². The molecule has 0 saturated heterocycles. The molecule has 0 nitrogen and oxygen atoms in total. The molecule has 0 saturated carbocycles. The standard InChI is InChI=1S/C16H13.C9H13.C2H6Si.Zr/c1-12-11-14-9-5-6-10-15(14)16(12)13-7-3-2-4-8-13;1-6-5-7(2)9(4)8(6)3;1-3-2;/h2-11H,1H3;6H,1-4H3;1-2H3;/q2*-1;;+2. The number of rotatable bonds is 1. The van der Waals surface area contributed by atoms with Gasteiger partial charge >= 0.3 is 41.9 Å². The molecule has 0 aliphatic heterocycles. The monoisotopic (exact) mass is 474 g/mol. The maximum atomic E-state index is 3.36. The molecule has 29 heavy (non-hydrogen) atoms. The largest absolute Gasteiger partial charge is 0.149 e. The molecule has 4 rings (SSSR count). The summed E-state index contributed by atoms with van der Waals surface area (Å²) >= 11 is 1.74. The van der Waals surface area contributed by atoms with E-state index >= 15 is 0 Å². The van der Waals surface area contributed by atoms with Gasteiger partial charge in [0, 0.05) is 0 Å². The summed E-state index contributed by atoms with van der Waals surface area (Å²) in [5, 5.41) is 2.69. The molecule has 0 N–H and O–H groups in total. The number of allylic oxidation sites excluding steroid dienone is 4. The first-order chi connectivity index (χ1) is 13.7. The van der Waals surface area contributed by atoms with Gasteiger partial charge in [-0.05, 0) is 0 Å². The van der Waals surface area contributed by atoms with Crippen LogP contribution < -0.4 is 0 Å². The van der Waals surface area contributed by atoms with Crippen LogP contribution in [0.15, 0.2) is 77.4 Å². The molecule has 0 bridgehead atoms. The van der Waals surface area contributed by atoms with Gasteiger partial charge < -0.3 is 0 Å². The van der Waals surface area contributed by atoms with Crippen molar-refractivity contribution in [2.45, 2.75) is 47.7 Å². The summed E-state index contributed by atoms with van der Waals surface area (Å²) < 4.78 is 0. The Balaban J connectivity index is 0.000000195. The van der Waals surface area contributed by atoms with Crippen LogP contribution in [0.2, 0.25) is 13.1 Å². The second-order valence-electron chi connectivity index (χ2n) is 7.95. The van der Waals surface area contributed by atoms with E-state index in [9.17, 15) is 0 Å². The van der Waals surface area contributed by atoms with Crippen LogP contribution in [0.4, 0.5) is 0 Å². The third kappa shape index (κ3) is 6.56. The van der Waals surface area contributed by atoms with E-state index in [-0.39, 0.29) is 5.43 Å². The van der Waals surface area contributed by atoms with Gasteiger partial charge in [0.2, 0.25) is 0 Å². The van der Waals surface area contributed by atoms with E-state index in [2.05, 4.69) is 114 Å². The fraction of sp³-hybridized carbons (Fsp3) is 0.296. The topological polar surface area (TPSA) is 0 Å². The van der Waals surface area contributed by atoms with Crippen LogP contribution in [0, 0.1) is 18.9 Å². The molecule has 0 radical (unpaired) electrons. The molecule has 0 fully saturated rings. The van der Waals surface area contributed by atoms with E-state index < -0.39 is 0 Å². The van der Waals surface area contributed by atoms with Crippen molar-refractivity contribution in [1.29, 1.82) is 0 Å². The predicted molar refractivity (Wildman–Crippen MR) is 127 cm³/mol. The van der Waals surface area contributed by atoms with E-state index in [0.29, 0.717) is 5.92 Å². The second kappa shape index (κ2) is 11.1. The van der Waals surface area contributed by atoms with Gasteiger partial charge in [0.05, 0.1) is 0 Å². The van der Waals surface area contributed by atoms with Gasteiger partial charge in [0.25, 0.3) is 0 Å². The van der Waals surface area contributed by atoms with Crippen molar-refractivity contribution in [3.05, 3.63) is 89.0 Å². The third-order valence-electron chi connectivity index (χ3n) is 5.30. The van der Waals surface area contributed by atoms with Crippen molar-refractivity contribution < 1.29 is 23.3 Å². The normalized spacial score (nSPS) is 15.3. The van der Waals surface area contributed by atoms with Gasteiger partial charge in [0.1, 0.15) is 0 Å². The van der Waals surface area contributed by atoms with E-state index in [4.69, 9.17) is 0 Å². The fourth-order valence-electron chi connectivity index (χ4n) is 3.52. The number of aryl methyl sites for hydroxylation is 1. The Morgan fingerprint density at radius 3 is 1.93 bits per heavy atom. The minimum Gasteiger partial charge on any atom is -0.149 e. The second-order valence-corrected chi connectivity index (χ2v) is 17.3. The summed E-state index contributed by atoms with van der Waals surface area (Å²) in [6, 6.07) is 21.4. The molecule has 0 amide bonds. The molecule has 1 unspecified atom stereocenters. The van der Waals surface area contributed by atoms with Crippen molar-refractivity contribution in [2.75, 3.05) is 0 Å². The van der Waals surface area contributed by atoms with Crippen molar-refractivity contribution in [1.82, 2.24) is 0 Å². The quantitative estimate of drug-likeness (QED) is 0.247. The number of fused-ring (bicyclic) bond motifs is 1. The summed E-state index contributed by atoms with van der Waals surface area (Å²) in [7, 11) is 0. The van der Waals surface area contributed by atoms with Crippen LogP contribution in [-0.4, -0.2) is 5.43 Å². The Kier molecular flexibility index (Phi) is 9.18. The molecule has 0 heterocycles. The molecule has 3 aromatic rings. The smallest absolute Gasteiger partial charge is 0.0573 e. The molecular weight excluding hydrogens is 444 g/mol.